The normalized spacial score (nSPS) is 12.9. The Bertz CT molecular complexity index is 1620. The minimum atomic E-state index is -3.88. The molecule has 0 bridgehead atoms. The van der Waals surface area contributed by atoms with E-state index in [2.05, 4.69) is 23.4 Å². The Balaban J connectivity index is 1.98. The third-order valence-electron chi connectivity index (χ3n) is 5.37. The van der Waals surface area contributed by atoms with E-state index in [0.29, 0.717) is 16.1 Å². The Morgan fingerprint density at radius 3 is 2.74 bits per heavy atom. The molecule has 9 nitrogen and oxygen atoms in total. The second kappa shape index (κ2) is 13.1. The van der Waals surface area contributed by atoms with Crippen LogP contribution in [0.25, 0.3) is 16.6 Å². The first kappa shape index (κ1) is 29.4. The first-order chi connectivity index (χ1) is 18.1. The maximum absolute atomic E-state index is 15.5. The van der Waals surface area contributed by atoms with Crippen LogP contribution in [0.1, 0.15) is 11.1 Å². The summed E-state index contributed by atoms with van der Waals surface area (Å²) < 4.78 is 49.4. The summed E-state index contributed by atoms with van der Waals surface area (Å²) in [7, 11) is 0.842. The summed E-state index contributed by atoms with van der Waals surface area (Å²) in [5.41, 5.74) is 1.88. The molecule has 0 saturated carbocycles. The van der Waals surface area contributed by atoms with Crippen molar-refractivity contribution < 1.29 is 22.4 Å². The molecule has 0 aliphatic carbocycles. The number of benzene rings is 2. The molecule has 1 aromatic heterocycles. The molecule has 2 aromatic carbocycles. The van der Waals surface area contributed by atoms with Crippen molar-refractivity contribution in [2.45, 2.75) is 18.4 Å². The lowest BCUT2D eigenvalue weighted by molar-refractivity contribution is 0.260. The molecule has 0 saturated heterocycles. The van der Waals surface area contributed by atoms with Gasteiger partial charge in [-0.05, 0) is 66.6 Å². The number of methoxy groups -OCH3 is 1. The van der Waals surface area contributed by atoms with Gasteiger partial charge in [0, 0.05) is 30.8 Å². The third kappa shape index (κ3) is 7.22. The highest BCUT2D eigenvalue weighted by Gasteiger charge is 2.16. The number of hydrogen-bond donors (Lipinski definition) is 2. The van der Waals surface area contributed by atoms with Crippen LogP contribution in [-0.2, 0) is 26.1 Å². The highest BCUT2D eigenvalue weighted by atomic mass is 35.5. The van der Waals surface area contributed by atoms with E-state index in [4.69, 9.17) is 22.2 Å². The zero-order valence-corrected chi connectivity index (χ0v) is 23.0. The fourth-order valence-electron chi connectivity index (χ4n) is 3.42. The van der Waals surface area contributed by atoms with Crippen LogP contribution in [0.15, 0.2) is 82.6 Å². The molecule has 1 heterocycles. The van der Waals surface area contributed by atoms with Gasteiger partial charge in [-0.2, -0.15) is 5.90 Å². The molecular weight excluding hydrogens is 554 g/mol. The number of hydrogen-bond acceptors (Lipinski definition) is 7. The van der Waals surface area contributed by atoms with Gasteiger partial charge < -0.3 is 14.1 Å². The molecular formula is C25H25ClFN4O5PS. The lowest BCUT2D eigenvalue weighted by Gasteiger charge is -2.11. The number of halogens is 2. The number of fused-ring (bicyclic) bond motifs is 1. The molecule has 38 heavy (non-hydrogen) atoms. The summed E-state index contributed by atoms with van der Waals surface area (Å²) in [4.78, 5) is 20.9. The largest absolute Gasteiger partial charge is 0.420 e. The van der Waals surface area contributed by atoms with Gasteiger partial charge in [0.05, 0.1) is 27.6 Å². The maximum Gasteiger partial charge on any atom is 0.269 e. The number of nitrogens with one attached hydrogen (secondary N) is 1. The number of nitrogens with two attached hydrogens (primary N) is 1. The highest BCUT2D eigenvalue weighted by Crippen LogP contribution is 2.28. The molecule has 0 amide bonds. The molecule has 0 unspecified atom stereocenters. The minimum Gasteiger partial charge on any atom is -0.420 e. The van der Waals surface area contributed by atoms with Crippen molar-refractivity contribution in [2.75, 3.05) is 13.7 Å². The van der Waals surface area contributed by atoms with E-state index < -0.39 is 21.4 Å². The second-order valence-electron chi connectivity index (χ2n) is 7.86. The quantitative estimate of drug-likeness (QED) is 0.153. The Morgan fingerprint density at radius 1 is 1.29 bits per heavy atom. The first-order valence-corrected chi connectivity index (χ1v) is 13.4. The van der Waals surface area contributed by atoms with Gasteiger partial charge in [0.15, 0.2) is 0 Å². The predicted molar refractivity (Wildman–Crippen MR) is 149 cm³/mol. The van der Waals surface area contributed by atoms with Gasteiger partial charge in [0.2, 0.25) is 10.0 Å². The van der Waals surface area contributed by atoms with E-state index >= 15 is 4.39 Å². The van der Waals surface area contributed by atoms with Crippen LogP contribution in [0.3, 0.4) is 0 Å². The van der Waals surface area contributed by atoms with Crippen molar-refractivity contribution in [3.05, 3.63) is 99.4 Å². The molecule has 3 aromatic rings. The van der Waals surface area contributed by atoms with Crippen molar-refractivity contribution in [3.63, 3.8) is 0 Å². The van der Waals surface area contributed by atoms with Crippen LogP contribution < -0.4 is 16.2 Å². The van der Waals surface area contributed by atoms with Crippen molar-refractivity contribution in [3.8, 4) is 0 Å². The van der Waals surface area contributed by atoms with E-state index in [0.717, 1.165) is 18.0 Å². The van der Waals surface area contributed by atoms with Crippen LogP contribution in [0.5, 0.6) is 0 Å². The molecule has 0 fully saturated rings. The van der Waals surface area contributed by atoms with E-state index in [1.165, 1.54) is 48.1 Å². The van der Waals surface area contributed by atoms with E-state index in [1.54, 1.807) is 25.1 Å². The fraction of sp³-hybridized carbons (Fsp3) is 0.160. The monoisotopic (exact) mass is 578 g/mol. The van der Waals surface area contributed by atoms with Gasteiger partial charge in [0.1, 0.15) is 12.1 Å². The van der Waals surface area contributed by atoms with Gasteiger partial charge >= 0.3 is 0 Å². The summed E-state index contributed by atoms with van der Waals surface area (Å²) >= 11 is 6.12. The molecule has 0 spiro atoms. The lowest BCUT2D eigenvalue weighted by atomic mass is 10.0. The van der Waals surface area contributed by atoms with Crippen molar-refractivity contribution in [1.29, 1.82) is 0 Å². The van der Waals surface area contributed by atoms with Crippen molar-refractivity contribution in [2.24, 2.45) is 5.90 Å². The van der Waals surface area contributed by atoms with Crippen LogP contribution in [0.4, 0.5) is 4.39 Å². The average Bonchev–Trinajstić information content (AvgIpc) is 2.90. The van der Waals surface area contributed by atoms with Gasteiger partial charge in [-0.3, -0.25) is 4.79 Å². The number of aromatic nitrogens is 2. The molecule has 0 radical (unpaired) electrons. The van der Waals surface area contributed by atoms with Crippen LogP contribution in [0.2, 0.25) is 5.02 Å². The summed E-state index contributed by atoms with van der Waals surface area (Å²) in [6, 6.07) is 9.17. The number of nitrogens with zero attached hydrogens (tertiary/aromatic N) is 2. The van der Waals surface area contributed by atoms with E-state index in [9.17, 15) is 13.2 Å². The second-order valence-corrected chi connectivity index (χ2v) is 10.5. The third-order valence-corrected chi connectivity index (χ3v) is 7.56. The van der Waals surface area contributed by atoms with E-state index in [-0.39, 0.29) is 34.6 Å². The molecule has 3 N–H and O–H groups in total. The van der Waals surface area contributed by atoms with E-state index in [1.807, 2.05) is 0 Å². The Hall–Kier alpha value is -3.18. The van der Waals surface area contributed by atoms with Gasteiger partial charge in [0.25, 0.3) is 5.56 Å². The number of sulfonamides is 1. The van der Waals surface area contributed by atoms with Gasteiger partial charge in [-0.25, -0.2) is 22.5 Å². The predicted octanol–water partition coefficient (Wildman–Crippen LogP) is 3.90. The first-order valence-electron chi connectivity index (χ1n) is 11.0. The van der Waals surface area contributed by atoms with Gasteiger partial charge in [-0.15, -0.1) is 0 Å². The van der Waals surface area contributed by atoms with Crippen LogP contribution in [-0.4, -0.2) is 37.1 Å². The molecule has 200 valence electrons. The zero-order chi connectivity index (χ0) is 27.9. The highest BCUT2D eigenvalue weighted by molar-refractivity contribution is 7.89. The fourth-order valence-corrected chi connectivity index (χ4v) is 4.68. The summed E-state index contributed by atoms with van der Waals surface area (Å²) in [5, 5.41) is 0.541. The topological polar surface area (TPSA) is 126 Å². The summed E-state index contributed by atoms with van der Waals surface area (Å²) in [6.07, 6.45) is 6.28. The summed E-state index contributed by atoms with van der Waals surface area (Å²) in [6.45, 7) is 1.61. The molecule has 0 aliphatic rings. The maximum atomic E-state index is 15.5. The summed E-state index contributed by atoms with van der Waals surface area (Å²) in [5.74, 6) is 4.25. The molecule has 13 heteroatoms. The number of rotatable bonds is 11. The SMILES string of the molecule is COC(=P)C=C(C(F)=CCn1c(=O)cnc2cc(S(=O)(=O)NCC=CON)ccc21)c1ccc(Cl)c(C)c1. The molecule has 0 atom stereocenters. The standard InChI is InChI=1S/C25H25ClFN4O5PS/c1-16-12-17(4-6-20(16)26)19(14-25(37)35-2)21(27)8-10-31-23-7-5-18(13-22(23)29-15-24(31)32)38(33,34)30-9-3-11-36-28/h3-8,11-15,30,37H,9-10,28H2,1-2H3. The number of aryl methyl sites for hydroxylation is 1. The lowest BCUT2D eigenvalue weighted by Crippen LogP contribution is -2.24. The van der Waals surface area contributed by atoms with Crippen LogP contribution >= 0.6 is 20.5 Å². The Kier molecular flexibility index (Phi) is 10.1. The minimum absolute atomic E-state index is 0.0476. The number of allylic oxidation sites excluding steroid dienone is 3. The Labute approximate surface area is 226 Å². The average molecular weight is 579 g/mol. The zero-order valence-electron chi connectivity index (χ0n) is 20.4. The van der Waals surface area contributed by atoms with Crippen LogP contribution in [0, 0.1) is 6.92 Å². The smallest absolute Gasteiger partial charge is 0.269 e. The van der Waals surface area contributed by atoms with Crippen molar-refractivity contribution in [1.82, 2.24) is 14.3 Å². The Morgan fingerprint density at radius 2 is 2.05 bits per heavy atom. The molecule has 3 rings (SSSR count). The molecule has 0 aliphatic heterocycles. The van der Waals surface area contributed by atoms with Gasteiger partial charge in [-0.1, -0.05) is 26.5 Å². The van der Waals surface area contributed by atoms with Crippen molar-refractivity contribution >= 4 is 52.6 Å². The number of ether oxygens (including phenoxy) is 1.